The minimum absolute atomic E-state index is 0.0618. The Balaban J connectivity index is 1.10. The van der Waals surface area contributed by atoms with Gasteiger partial charge in [-0.2, -0.15) is 0 Å². The Morgan fingerprint density at radius 2 is 0.759 bits per heavy atom. The van der Waals surface area contributed by atoms with Crippen LogP contribution in [0.2, 0.25) is 0 Å². The van der Waals surface area contributed by atoms with Gasteiger partial charge in [0.15, 0.2) is 46.5 Å². The molecule has 0 aliphatic carbocycles. The number of halogens is 12. The highest BCUT2D eigenvalue weighted by atomic mass is 35.5. The van der Waals surface area contributed by atoms with Gasteiger partial charge in [0, 0.05) is 22.6 Å². The second kappa shape index (κ2) is 19.8. The maximum absolute atomic E-state index is 14.0. The van der Waals surface area contributed by atoms with Crippen molar-refractivity contribution in [3.05, 3.63) is 140 Å². The van der Waals surface area contributed by atoms with E-state index >= 15 is 0 Å². The van der Waals surface area contributed by atoms with Crippen molar-refractivity contribution >= 4 is 56.7 Å². The smallest absolute Gasteiger partial charge is 0.338 e. The van der Waals surface area contributed by atoms with Gasteiger partial charge < -0.3 is 9.47 Å². The highest BCUT2D eigenvalue weighted by Crippen LogP contribution is 2.35. The molecule has 0 spiro atoms. The van der Waals surface area contributed by atoms with Gasteiger partial charge >= 0.3 is 11.9 Å². The number of carbonyl (C=O) groups is 2. The topological polar surface area (TPSA) is 52.6 Å². The molecule has 0 aliphatic heterocycles. The lowest BCUT2D eigenvalue weighted by molar-refractivity contribution is 0.0520. The third kappa shape index (κ3) is 10.6. The molecule has 2 atom stereocenters. The van der Waals surface area contributed by atoms with Gasteiger partial charge in [0.25, 0.3) is 0 Å². The van der Waals surface area contributed by atoms with Crippen molar-refractivity contribution in [2.45, 2.75) is 36.4 Å². The molecule has 4 rings (SSSR count). The third-order valence-electron chi connectivity index (χ3n) is 7.75. The van der Waals surface area contributed by atoms with E-state index in [9.17, 15) is 53.5 Å². The third-order valence-corrected chi connectivity index (χ3v) is 11.0. The predicted molar refractivity (Wildman–Crippen MR) is 185 cm³/mol. The molecule has 0 aromatic heterocycles. The fourth-order valence-corrected chi connectivity index (χ4v) is 7.16. The summed E-state index contributed by atoms with van der Waals surface area (Å²) in [4.78, 5) is 24.7. The van der Waals surface area contributed by atoms with Crippen LogP contribution in [0.4, 0.5) is 43.9 Å². The van der Waals surface area contributed by atoms with Gasteiger partial charge in [-0.25, -0.2) is 53.5 Å². The first-order valence-electron chi connectivity index (χ1n) is 15.7. The number of aryl methyl sites for hydroxylation is 2. The Bertz CT molecular complexity index is 1770. The summed E-state index contributed by atoms with van der Waals surface area (Å²) in [6.07, 6.45) is -0.0949. The minimum Gasteiger partial charge on any atom is -0.461 e. The molecule has 0 bridgehead atoms. The molecule has 54 heavy (non-hydrogen) atoms. The zero-order valence-corrected chi connectivity index (χ0v) is 30.6. The molecule has 4 aromatic carbocycles. The molecule has 2 unspecified atom stereocenters. The molecule has 0 radical (unpaired) electrons. The molecule has 0 N–H and O–H groups in total. The Morgan fingerprint density at radius 1 is 0.481 bits per heavy atom. The summed E-state index contributed by atoms with van der Waals surface area (Å²) in [5, 5.41) is -3.01. The molecule has 4 aromatic rings. The van der Waals surface area contributed by atoms with E-state index in [2.05, 4.69) is 0 Å². The molecular formula is C36H26Cl2F10O4S2. The monoisotopic (exact) mass is 846 g/mol. The standard InChI is InChI=1S/C36H26Cl2F10O4S2/c37-21(23-25(39)29(43)33(47)30(44)26(23)40)11-5-17-1-7-19(8-2-17)35(49)51-13-15-53-54-16-14-52-36(50)20-9-3-18(4-10-20)6-12-22(38)24-27(41)31(45)34(48)32(46)28(24)42/h1-4,7-10,21-22H,5-6,11-16H2. The van der Waals surface area contributed by atoms with E-state index in [1.807, 2.05) is 0 Å². The average molecular weight is 848 g/mol. The zero-order valence-electron chi connectivity index (χ0n) is 27.4. The van der Waals surface area contributed by atoms with Gasteiger partial charge in [-0.05, 0) is 61.1 Å². The second-order valence-corrected chi connectivity index (χ2v) is 15.0. The number of esters is 2. The summed E-state index contributed by atoms with van der Waals surface area (Å²) in [6, 6.07) is 11.9. The van der Waals surface area contributed by atoms with E-state index < -0.39 is 92.0 Å². The SMILES string of the molecule is O=C(OCCSSCCOC(=O)c1ccc(CCC(Cl)c2c(F)c(F)c(F)c(F)c2F)cc1)c1ccc(CCC(Cl)c2c(F)c(F)c(F)c(F)c2F)cc1. The van der Waals surface area contributed by atoms with Gasteiger partial charge in [-0.15, -0.1) is 23.2 Å². The highest BCUT2D eigenvalue weighted by Gasteiger charge is 2.31. The van der Waals surface area contributed by atoms with Crippen LogP contribution in [-0.2, 0) is 22.3 Å². The number of rotatable bonds is 17. The van der Waals surface area contributed by atoms with Crippen LogP contribution in [-0.4, -0.2) is 36.7 Å². The lowest BCUT2D eigenvalue weighted by Crippen LogP contribution is -2.10. The average Bonchev–Trinajstić information content (AvgIpc) is 3.17. The molecular weight excluding hydrogens is 821 g/mol. The second-order valence-electron chi connectivity index (χ2n) is 11.3. The summed E-state index contributed by atoms with van der Waals surface area (Å²) in [6.45, 7) is 0.124. The number of ether oxygens (including phenoxy) is 2. The van der Waals surface area contributed by atoms with E-state index in [-0.39, 0.29) is 50.0 Å². The van der Waals surface area contributed by atoms with E-state index in [0.717, 1.165) is 0 Å². The van der Waals surface area contributed by atoms with Crippen LogP contribution < -0.4 is 0 Å². The Labute approximate surface area is 319 Å². The molecule has 290 valence electrons. The van der Waals surface area contributed by atoms with Crippen molar-refractivity contribution in [1.82, 2.24) is 0 Å². The van der Waals surface area contributed by atoms with Gasteiger partial charge in [0.2, 0.25) is 11.6 Å². The molecule has 0 amide bonds. The highest BCUT2D eigenvalue weighted by molar-refractivity contribution is 8.76. The Morgan fingerprint density at radius 3 is 1.06 bits per heavy atom. The molecule has 0 saturated carbocycles. The van der Waals surface area contributed by atoms with E-state index in [4.69, 9.17) is 32.7 Å². The van der Waals surface area contributed by atoms with Crippen molar-refractivity contribution in [3.8, 4) is 0 Å². The van der Waals surface area contributed by atoms with Crippen LogP contribution in [0.3, 0.4) is 0 Å². The number of alkyl halides is 2. The summed E-state index contributed by atoms with van der Waals surface area (Å²) >= 11 is 11.9. The maximum Gasteiger partial charge on any atom is 0.338 e. The van der Waals surface area contributed by atoms with Gasteiger partial charge in [-0.1, -0.05) is 45.9 Å². The van der Waals surface area contributed by atoms with Crippen molar-refractivity contribution in [3.63, 3.8) is 0 Å². The van der Waals surface area contributed by atoms with Crippen LogP contribution in [0.15, 0.2) is 48.5 Å². The van der Waals surface area contributed by atoms with E-state index in [0.29, 0.717) is 22.6 Å². The quantitative estimate of drug-likeness (QED) is 0.0201. The Kier molecular flexibility index (Phi) is 15.8. The maximum atomic E-state index is 14.0. The van der Waals surface area contributed by atoms with Crippen LogP contribution in [0.1, 0.15) is 66.6 Å². The molecule has 4 nitrogen and oxygen atoms in total. The van der Waals surface area contributed by atoms with Crippen LogP contribution >= 0.6 is 44.8 Å². The molecule has 0 saturated heterocycles. The summed E-state index contributed by atoms with van der Waals surface area (Å²) in [5.74, 6) is -21.2. The normalized spacial score (nSPS) is 12.4. The summed E-state index contributed by atoms with van der Waals surface area (Å²) < 4.78 is 147. The van der Waals surface area contributed by atoms with Crippen molar-refractivity contribution in [2.75, 3.05) is 24.7 Å². The van der Waals surface area contributed by atoms with Gasteiger partial charge in [0.1, 0.15) is 13.2 Å². The number of hydrogen-bond donors (Lipinski definition) is 0. The summed E-state index contributed by atoms with van der Waals surface area (Å²) in [7, 11) is 2.72. The lowest BCUT2D eigenvalue weighted by atomic mass is 10.0. The molecule has 0 aliphatic rings. The van der Waals surface area contributed by atoms with E-state index in [1.165, 1.54) is 70.1 Å². The predicted octanol–water partition coefficient (Wildman–Crippen LogP) is 11.3. The fraction of sp³-hybridized carbons (Fsp3) is 0.278. The van der Waals surface area contributed by atoms with Crippen molar-refractivity contribution < 1.29 is 63.0 Å². The number of carbonyl (C=O) groups excluding carboxylic acids is 2. The largest absolute Gasteiger partial charge is 0.461 e. The molecule has 0 fully saturated rings. The fourth-order valence-electron chi connectivity index (χ4n) is 4.91. The Hall–Kier alpha value is -3.60. The zero-order chi connectivity index (χ0) is 39.7. The van der Waals surface area contributed by atoms with Crippen LogP contribution in [0.5, 0.6) is 0 Å². The van der Waals surface area contributed by atoms with Gasteiger partial charge in [-0.3, -0.25) is 0 Å². The van der Waals surface area contributed by atoms with Gasteiger partial charge in [0.05, 0.1) is 21.9 Å². The number of benzene rings is 4. The van der Waals surface area contributed by atoms with Crippen molar-refractivity contribution in [1.29, 1.82) is 0 Å². The minimum atomic E-state index is -2.27. The lowest BCUT2D eigenvalue weighted by Gasteiger charge is -2.14. The van der Waals surface area contributed by atoms with E-state index in [1.54, 1.807) is 0 Å². The van der Waals surface area contributed by atoms with Crippen LogP contribution in [0.25, 0.3) is 0 Å². The number of hydrogen-bond acceptors (Lipinski definition) is 6. The van der Waals surface area contributed by atoms with Crippen molar-refractivity contribution in [2.24, 2.45) is 0 Å². The first-order valence-corrected chi connectivity index (χ1v) is 19.1. The molecule has 0 heterocycles. The molecule has 18 heteroatoms. The first kappa shape index (κ1) is 43.1. The summed E-state index contributed by atoms with van der Waals surface area (Å²) in [5.41, 5.74) is -0.624. The van der Waals surface area contributed by atoms with Crippen LogP contribution in [0, 0.1) is 58.2 Å². The first-order chi connectivity index (χ1) is 25.6.